The Hall–Kier alpha value is -2.32. The molecule has 0 aromatic carbocycles. The van der Waals surface area contributed by atoms with E-state index >= 15 is 0 Å². The number of aryl methyl sites for hydroxylation is 1. The summed E-state index contributed by atoms with van der Waals surface area (Å²) in [5.74, 6) is 1.26. The zero-order valence-electron chi connectivity index (χ0n) is 16.7. The maximum absolute atomic E-state index is 12.9. The Balaban J connectivity index is 1.41. The van der Waals surface area contributed by atoms with E-state index in [1.165, 1.54) is 0 Å². The van der Waals surface area contributed by atoms with Gasteiger partial charge in [-0.15, -0.1) is 10.2 Å². The predicted octanol–water partition coefficient (Wildman–Crippen LogP) is 2.22. The van der Waals surface area contributed by atoms with E-state index in [1.807, 2.05) is 17.9 Å². The molecule has 0 aliphatic carbocycles. The summed E-state index contributed by atoms with van der Waals surface area (Å²) in [5, 5.41) is 8.30. The van der Waals surface area contributed by atoms with Gasteiger partial charge in [-0.3, -0.25) is 14.7 Å². The summed E-state index contributed by atoms with van der Waals surface area (Å²) >= 11 is 0. The van der Waals surface area contributed by atoms with Gasteiger partial charge in [0.15, 0.2) is 0 Å². The molecule has 0 N–H and O–H groups in total. The van der Waals surface area contributed by atoms with Crippen molar-refractivity contribution in [2.24, 2.45) is 5.41 Å². The van der Waals surface area contributed by atoms with Gasteiger partial charge in [0.05, 0.1) is 11.6 Å². The van der Waals surface area contributed by atoms with Crippen LogP contribution in [0.1, 0.15) is 53.0 Å². The number of amides is 1. The Labute approximate surface area is 164 Å². The van der Waals surface area contributed by atoms with Crippen molar-refractivity contribution in [1.29, 1.82) is 0 Å². The molecular weight excluding hydrogens is 358 g/mol. The molecule has 28 heavy (non-hydrogen) atoms. The molecule has 2 aliphatic heterocycles. The molecule has 0 bridgehead atoms. The normalized spacial score (nSPS) is 22.1. The van der Waals surface area contributed by atoms with Gasteiger partial charge in [0.1, 0.15) is 6.61 Å². The second-order valence-electron chi connectivity index (χ2n) is 8.08. The molecule has 1 amide bonds. The molecule has 1 unspecified atom stereocenters. The number of hydrogen-bond donors (Lipinski definition) is 0. The van der Waals surface area contributed by atoms with E-state index in [0.717, 1.165) is 44.5 Å². The largest absolute Gasteiger partial charge is 0.421 e. The van der Waals surface area contributed by atoms with E-state index in [1.54, 1.807) is 19.5 Å². The summed E-state index contributed by atoms with van der Waals surface area (Å²) in [4.78, 5) is 21.2. The molecule has 4 rings (SSSR count). The minimum atomic E-state index is 0.0875. The minimum Gasteiger partial charge on any atom is -0.421 e. The van der Waals surface area contributed by atoms with E-state index in [4.69, 9.17) is 9.15 Å². The molecule has 8 heteroatoms. The van der Waals surface area contributed by atoms with Crippen molar-refractivity contribution in [2.45, 2.75) is 38.8 Å². The molecule has 2 aliphatic rings. The molecular formula is C20H27N5O3. The lowest BCUT2D eigenvalue weighted by atomic mass is 9.76. The van der Waals surface area contributed by atoms with Gasteiger partial charge in [0.25, 0.3) is 5.91 Å². The van der Waals surface area contributed by atoms with Gasteiger partial charge in [-0.2, -0.15) is 0 Å². The standard InChI is InChI=1S/C20H27N5O3/c1-14-4-7-21-11-15(14)19(26)25-8-5-20(6-9-25)10-16(24(2)13-20)18-23-22-17(28-18)12-27-3/h4,7,11,16H,5-6,8-10,12-13H2,1-3H3. The average Bonchev–Trinajstić information content (AvgIpc) is 3.27. The van der Waals surface area contributed by atoms with Crippen LogP contribution >= 0.6 is 0 Å². The predicted molar refractivity (Wildman–Crippen MR) is 102 cm³/mol. The van der Waals surface area contributed by atoms with Crippen molar-refractivity contribution >= 4 is 5.91 Å². The maximum Gasteiger partial charge on any atom is 0.255 e. The smallest absolute Gasteiger partial charge is 0.255 e. The van der Waals surface area contributed by atoms with Gasteiger partial charge in [0.2, 0.25) is 11.8 Å². The third-order valence-corrected chi connectivity index (χ3v) is 6.16. The van der Waals surface area contributed by atoms with Crippen molar-refractivity contribution < 1.29 is 13.9 Å². The van der Waals surface area contributed by atoms with Crippen LogP contribution in [0.2, 0.25) is 0 Å². The summed E-state index contributed by atoms with van der Waals surface area (Å²) in [5.41, 5.74) is 1.87. The number of rotatable bonds is 4. The van der Waals surface area contributed by atoms with E-state index in [-0.39, 0.29) is 17.4 Å². The van der Waals surface area contributed by atoms with E-state index < -0.39 is 0 Å². The van der Waals surface area contributed by atoms with Crippen LogP contribution in [0.4, 0.5) is 0 Å². The van der Waals surface area contributed by atoms with E-state index in [2.05, 4.69) is 27.1 Å². The second kappa shape index (κ2) is 7.60. The third-order valence-electron chi connectivity index (χ3n) is 6.16. The highest BCUT2D eigenvalue weighted by atomic mass is 16.5. The molecule has 8 nitrogen and oxygen atoms in total. The number of carbonyl (C=O) groups is 1. The number of methoxy groups -OCH3 is 1. The maximum atomic E-state index is 12.9. The molecule has 1 atom stereocenters. The number of piperidine rings is 1. The molecule has 150 valence electrons. The topological polar surface area (TPSA) is 84.6 Å². The van der Waals surface area contributed by atoms with Crippen LogP contribution in [0.25, 0.3) is 0 Å². The minimum absolute atomic E-state index is 0.0875. The van der Waals surface area contributed by atoms with E-state index in [0.29, 0.717) is 24.0 Å². The Bertz CT molecular complexity index is 844. The van der Waals surface area contributed by atoms with Gasteiger partial charge in [0, 0.05) is 39.1 Å². The van der Waals surface area contributed by atoms with Crippen LogP contribution in [-0.2, 0) is 11.3 Å². The molecule has 2 fully saturated rings. The lowest BCUT2D eigenvalue weighted by Crippen LogP contribution is -2.44. The van der Waals surface area contributed by atoms with Crippen LogP contribution in [0.15, 0.2) is 22.9 Å². The molecule has 2 saturated heterocycles. The van der Waals surface area contributed by atoms with Crippen molar-refractivity contribution in [3.63, 3.8) is 0 Å². The zero-order valence-corrected chi connectivity index (χ0v) is 16.7. The van der Waals surface area contributed by atoms with Gasteiger partial charge >= 0.3 is 0 Å². The highest BCUT2D eigenvalue weighted by Crippen LogP contribution is 2.48. The lowest BCUT2D eigenvalue weighted by molar-refractivity contribution is 0.0592. The molecule has 0 saturated carbocycles. The van der Waals surface area contributed by atoms with E-state index in [9.17, 15) is 4.79 Å². The molecule has 2 aromatic rings. The van der Waals surface area contributed by atoms with Crippen molar-refractivity contribution in [1.82, 2.24) is 25.0 Å². The Kier molecular flexibility index (Phi) is 5.16. The number of carbonyl (C=O) groups excluding carboxylic acids is 1. The number of pyridine rings is 1. The first-order valence-corrected chi connectivity index (χ1v) is 9.73. The van der Waals surface area contributed by atoms with Gasteiger partial charge in [-0.05, 0) is 50.3 Å². The SMILES string of the molecule is COCc1nnc(C2CC3(CCN(C(=O)c4cnccc4C)CC3)CN2C)o1. The first kappa shape index (κ1) is 19.0. The number of ether oxygens (including phenoxy) is 1. The molecule has 2 aromatic heterocycles. The van der Waals surface area contributed by atoms with Crippen molar-refractivity contribution in [3.05, 3.63) is 41.4 Å². The highest BCUT2D eigenvalue weighted by molar-refractivity contribution is 5.95. The third kappa shape index (κ3) is 3.54. The Morgan fingerprint density at radius 3 is 2.86 bits per heavy atom. The zero-order chi connectivity index (χ0) is 19.7. The fourth-order valence-corrected chi connectivity index (χ4v) is 4.53. The summed E-state index contributed by atoms with van der Waals surface area (Å²) < 4.78 is 10.9. The molecule has 1 spiro atoms. The first-order chi connectivity index (χ1) is 13.5. The van der Waals surface area contributed by atoms with Crippen LogP contribution in [0, 0.1) is 12.3 Å². The van der Waals surface area contributed by atoms with Gasteiger partial charge in [-0.1, -0.05) is 0 Å². The van der Waals surface area contributed by atoms with Crippen LogP contribution < -0.4 is 0 Å². The molecule has 4 heterocycles. The van der Waals surface area contributed by atoms with Crippen LogP contribution in [0.5, 0.6) is 0 Å². The fraction of sp³-hybridized carbons (Fsp3) is 0.600. The fourth-order valence-electron chi connectivity index (χ4n) is 4.53. The summed E-state index contributed by atoms with van der Waals surface area (Å²) in [6.07, 6.45) is 6.35. The summed E-state index contributed by atoms with van der Waals surface area (Å²) in [6, 6.07) is 2.01. The monoisotopic (exact) mass is 385 g/mol. The molecule has 0 radical (unpaired) electrons. The summed E-state index contributed by atoms with van der Waals surface area (Å²) in [7, 11) is 3.72. The number of nitrogens with zero attached hydrogens (tertiary/aromatic N) is 5. The second-order valence-corrected chi connectivity index (χ2v) is 8.08. The average molecular weight is 385 g/mol. The number of aromatic nitrogens is 3. The Morgan fingerprint density at radius 2 is 2.14 bits per heavy atom. The Morgan fingerprint density at radius 1 is 1.36 bits per heavy atom. The quantitative estimate of drug-likeness (QED) is 0.798. The number of hydrogen-bond acceptors (Lipinski definition) is 7. The first-order valence-electron chi connectivity index (χ1n) is 9.73. The lowest BCUT2D eigenvalue weighted by Gasteiger charge is -2.39. The van der Waals surface area contributed by atoms with Gasteiger partial charge in [-0.25, -0.2) is 0 Å². The van der Waals surface area contributed by atoms with Gasteiger partial charge < -0.3 is 14.1 Å². The van der Waals surface area contributed by atoms with Crippen LogP contribution in [0.3, 0.4) is 0 Å². The summed E-state index contributed by atoms with van der Waals surface area (Å²) in [6.45, 7) is 4.81. The number of likely N-dealkylation sites (tertiary alicyclic amines) is 2. The van der Waals surface area contributed by atoms with Crippen LogP contribution in [-0.4, -0.2) is 64.7 Å². The highest BCUT2D eigenvalue weighted by Gasteiger charge is 2.47. The van der Waals surface area contributed by atoms with Crippen molar-refractivity contribution in [2.75, 3.05) is 33.8 Å². The van der Waals surface area contributed by atoms with Crippen molar-refractivity contribution in [3.8, 4) is 0 Å².